The Morgan fingerprint density at radius 2 is 1.55 bits per heavy atom. The van der Waals surface area contributed by atoms with Gasteiger partial charge in [-0.05, 0) is 18.8 Å². The zero-order valence-corrected chi connectivity index (χ0v) is 7.62. The minimum absolute atomic E-state index is 0.139. The van der Waals surface area contributed by atoms with Crippen LogP contribution in [0.5, 0.6) is 0 Å². The van der Waals surface area contributed by atoms with Gasteiger partial charge >= 0.3 is 0 Å². The first kappa shape index (κ1) is 10.8. The van der Waals surface area contributed by atoms with Crippen molar-refractivity contribution in [1.29, 1.82) is 0 Å². The molecule has 0 aromatic heterocycles. The zero-order chi connectivity index (χ0) is 9.28. The van der Waals surface area contributed by atoms with Gasteiger partial charge in [0.1, 0.15) is 0 Å². The summed E-state index contributed by atoms with van der Waals surface area (Å²) in [5.41, 5.74) is 3.91. The molecule has 0 heterocycles. The van der Waals surface area contributed by atoms with Crippen molar-refractivity contribution in [2.45, 2.75) is 46.1 Å². The van der Waals surface area contributed by atoms with Gasteiger partial charge in [0.15, 0.2) is 0 Å². The third kappa shape index (κ3) is 4.30. The summed E-state index contributed by atoms with van der Waals surface area (Å²) in [4.78, 5) is 0. The van der Waals surface area contributed by atoms with Crippen LogP contribution in [0.3, 0.4) is 0 Å². The van der Waals surface area contributed by atoms with E-state index >= 15 is 0 Å². The average Bonchev–Trinajstić information content (AvgIpc) is 1.56. The van der Waals surface area contributed by atoms with Gasteiger partial charge in [0.05, 0.1) is 5.54 Å². The van der Waals surface area contributed by atoms with Crippen molar-refractivity contribution in [2.24, 2.45) is 11.1 Å². The van der Waals surface area contributed by atoms with Crippen molar-refractivity contribution in [3.63, 3.8) is 0 Å². The monoisotopic (exact) mass is 165 g/mol. The Morgan fingerprint density at radius 1 is 1.18 bits per heavy atom. The average molecular weight is 165 g/mol. The third-order valence-corrected chi connectivity index (χ3v) is 1.41. The fraction of sp³-hybridized carbons (Fsp3) is 1.00. The molecule has 0 bridgehead atoms. The highest BCUT2D eigenvalue weighted by Crippen LogP contribution is 2.29. The minimum atomic E-state index is -2.44. The summed E-state index contributed by atoms with van der Waals surface area (Å²) < 4.78 is 24.4. The van der Waals surface area contributed by atoms with Crippen molar-refractivity contribution in [2.75, 3.05) is 0 Å². The van der Waals surface area contributed by atoms with Gasteiger partial charge in [-0.2, -0.15) is 0 Å². The Bertz CT molecular complexity index is 125. The Labute approximate surface area is 67.0 Å². The molecule has 0 spiro atoms. The smallest absolute Gasteiger partial charge is 0.256 e. The molecule has 0 saturated carbocycles. The molecule has 0 aliphatic rings. The molecule has 0 amide bonds. The number of nitrogens with two attached hydrogens (primary N) is 1. The maximum Gasteiger partial charge on any atom is 0.256 e. The molecule has 1 nitrogen and oxygen atoms in total. The number of rotatable bonds is 2. The van der Waals surface area contributed by atoms with Crippen LogP contribution < -0.4 is 5.73 Å². The van der Waals surface area contributed by atoms with E-state index in [1.165, 1.54) is 6.92 Å². The maximum atomic E-state index is 12.2. The van der Waals surface area contributed by atoms with Gasteiger partial charge in [-0.25, -0.2) is 8.78 Å². The summed E-state index contributed by atoms with van der Waals surface area (Å²) in [6.07, 6.45) is -2.11. The van der Waals surface area contributed by atoms with Crippen LogP contribution in [-0.2, 0) is 0 Å². The van der Waals surface area contributed by atoms with Gasteiger partial charge in [-0.3, -0.25) is 0 Å². The predicted octanol–water partition coefficient (Wildman–Crippen LogP) is 2.41. The highest BCUT2D eigenvalue weighted by Gasteiger charge is 2.34. The Kier molecular flexibility index (Phi) is 3.00. The van der Waals surface area contributed by atoms with E-state index in [-0.39, 0.29) is 5.41 Å². The summed E-state index contributed by atoms with van der Waals surface area (Å²) in [5, 5.41) is 0. The molecular formula is C8H17F2N. The van der Waals surface area contributed by atoms with Crippen molar-refractivity contribution in [3.8, 4) is 0 Å². The topological polar surface area (TPSA) is 26.0 Å². The fourth-order valence-electron chi connectivity index (χ4n) is 1.22. The van der Waals surface area contributed by atoms with Gasteiger partial charge < -0.3 is 5.73 Å². The van der Waals surface area contributed by atoms with Crippen molar-refractivity contribution >= 4 is 0 Å². The standard InChI is InChI=1S/C8H17F2N/c1-7(2,3)5-8(4,11)6(9)10/h6H,5,11H2,1-4H3. The van der Waals surface area contributed by atoms with Crippen LogP contribution in [0, 0.1) is 5.41 Å². The first-order chi connectivity index (χ1) is 4.65. The van der Waals surface area contributed by atoms with Crippen LogP contribution in [0.2, 0.25) is 0 Å². The number of alkyl halides is 2. The molecule has 0 radical (unpaired) electrons. The largest absolute Gasteiger partial charge is 0.321 e. The van der Waals surface area contributed by atoms with E-state index in [9.17, 15) is 8.78 Å². The molecule has 1 unspecified atom stereocenters. The highest BCUT2D eigenvalue weighted by molar-refractivity contribution is 4.86. The van der Waals surface area contributed by atoms with Crippen LogP contribution in [0.15, 0.2) is 0 Å². The first-order valence-corrected chi connectivity index (χ1v) is 3.72. The molecule has 11 heavy (non-hydrogen) atoms. The van der Waals surface area contributed by atoms with Crippen LogP contribution >= 0.6 is 0 Å². The molecule has 0 rings (SSSR count). The molecule has 0 saturated heterocycles. The quantitative estimate of drug-likeness (QED) is 0.668. The molecule has 68 valence electrons. The SMILES string of the molecule is CC(C)(C)CC(C)(N)C(F)F. The molecule has 1 atom stereocenters. The summed E-state index contributed by atoms with van der Waals surface area (Å²) in [5.74, 6) is 0. The molecule has 2 N–H and O–H groups in total. The lowest BCUT2D eigenvalue weighted by Gasteiger charge is -2.31. The lowest BCUT2D eigenvalue weighted by molar-refractivity contribution is 0.0398. The number of hydrogen-bond acceptors (Lipinski definition) is 1. The Hall–Kier alpha value is -0.180. The van der Waals surface area contributed by atoms with E-state index in [0.717, 1.165) is 0 Å². The molecular weight excluding hydrogens is 148 g/mol. The molecule has 0 aliphatic carbocycles. The summed E-state index contributed by atoms with van der Waals surface area (Å²) >= 11 is 0. The normalized spacial score (nSPS) is 18.5. The predicted molar refractivity (Wildman–Crippen MR) is 42.7 cm³/mol. The Morgan fingerprint density at radius 3 is 1.64 bits per heavy atom. The second-order valence-electron chi connectivity index (χ2n) is 4.54. The van der Waals surface area contributed by atoms with Crippen molar-refractivity contribution in [1.82, 2.24) is 0 Å². The summed E-state index contributed by atoms with van der Waals surface area (Å²) in [6, 6.07) is 0. The van der Waals surface area contributed by atoms with Gasteiger partial charge in [0.2, 0.25) is 0 Å². The first-order valence-electron chi connectivity index (χ1n) is 3.72. The molecule has 3 heteroatoms. The molecule has 0 fully saturated rings. The van der Waals surface area contributed by atoms with Crippen LogP contribution in [0.4, 0.5) is 8.78 Å². The van der Waals surface area contributed by atoms with Crippen LogP contribution in [-0.4, -0.2) is 12.0 Å². The van der Waals surface area contributed by atoms with Gasteiger partial charge in [0, 0.05) is 0 Å². The van der Waals surface area contributed by atoms with Crippen molar-refractivity contribution in [3.05, 3.63) is 0 Å². The number of hydrogen-bond donors (Lipinski definition) is 1. The second kappa shape index (κ2) is 3.05. The molecule has 0 aromatic rings. The van der Waals surface area contributed by atoms with Gasteiger partial charge in [-0.1, -0.05) is 20.8 Å². The molecule has 0 aliphatic heterocycles. The molecule has 0 aromatic carbocycles. The fourth-order valence-corrected chi connectivity index (χ4v) is 1.22. The van der Waals surface area contributed by atoms with E-state index in [1.807, 2.05) is 20.8 Å². The van der Waals surface area contributed by atoms with E-state index in [1.54, 1.807) is 0 Å². The van der Waals surface area contributed by atoms with E-state index in [4.69, 9.17) is 5.73 Å². The van der Waals surface area contributed by atoms with Crippen LogP contribution in [0.1, 0.15) is 34.1 Å². The minimum Gasteiger partial charge on any atom is -0.321 e. The van der Waals surface area contributed by atoms with Crippen LogP contribution in [0.25, 0.3) is 0 Å². The zero-order valence-electron chi connectivity index (χ0n) is 7.62. The van der Waals surface area contributed by atoms with Crippen molar-refractivity contribution < 1.29 is 8.78 Å². The summed E-state index contributed by atoms with van der Waals surface area (Å²) in [7, 11) is 0. The maximum absolute atomic E-state index is 12.2. The van der Waals surface area contributed by atoms with E-state index in [2.05, 4.69) is 0 Å². The third-order valence-electron chi connectivity index (χ3n) is 1.41. The highest BCUT2D eigenvalue weighted by atomic mass is 19.3. The lowest BCUT2D eigenvalue weighted by atomic mass is 9.81. The lowest BCUT2D eigenvalue weighted by Crippen LogP contribution is -2.46. The van der Waals surface area contributed by atoms with Gasteiger partial charge in [0.25, 0.3) is 6.43 Å². The Balaban J connectivity index is 4.13. The van der Waals surface area contributed by atoms with E-state index < -0.39 is 12.0 Å². The summed E-state index contributed by atoms with van der Waals surface area (Å²) in [6.45, 7) is 7.10. The van der Waals surface area contributed by atoms with Gasteiger partial charge in [-0.15, -0.1) is 0 Å². The van der Waals surface area contributed by atoms with E-state index in [0.29, 0.717) is 6.42 Å². The second-order valence-corrected chi connectivity index (χ2v) is 4.54. The number of halogens is 2.